The molecule has 150 valence electrons. The molecule has 1 amide bonds. The van der Waals surface area contributed by atoms with Gasteiger partial charge in [-0.3, -0.25) is 9.69 Å². The molecule has 3 aromatic rings. The van der Waals surface area contributed by atoms with Crippen molar-refractivity contribution in [2.24, 2.45) is 0 Å². The van der Waals surface area contributed by atoms with E-state index in [0.29, 0.717) is 5.91 Å². The van der Waals surface area contributed by atoms with E-state index in [0.717, 1.165) is 67.6 Å². The number of fused-ring (bicyclic) bond motifs is 1. The Morgan fingerprint density at radius 2 is 1.86 bits per heavy atom. The van der Waals surface area contributed by atoms with Crippen molar-refractivity contribution in [3.05, 3.63) is 54.2 Å². The van der Waals surface area contributed by atoms with Gasteiger partial charge >= 0.3 is 0 Å². The Hall–Kier alpha value is -2.51. The van der Waals surface area contributed by atoms with Crippen molar-refractivity contribution in [3.8, 4) is 0 Å². The first-order chi connectivity index (χ1) is 14.3. The third-order valence-electron chi connectivity index (χ3n) is 5.89. The van der Waals surface area contributed by atoms with Crippen LogP contribution >= 0.6 is 11.3 Å². The molecule has 2 aliphatic rings. The van der Waals surface area contributed by atoms with Crippen LogP contribution < -0.4 is 4.90 Å². The summed E-state index contributed by atoms with van der Waals surface area (Å²) in [5.41, 5.74) is 2.23. The van der Waals surface area contributed by atoms with E-state index in [4.69, 9.17) is 4.98 Å². The van der Waals surface area contributed by atoms with Crippen LogP contribution in [0.5, 0.6) is 0 Å². The lowest BCUT2D eigenvalue weighted by Gasteiger charge is -2.37. The molecule has 1 atom stereocenters. The number of thiazole rings is 1. The fourth-order valence-corrected chi connectivity index (χ4v) is 5.30. The van der Waals surface area contributed by atoms with Crippen molar-refractivity contribution < 1.29 is 4.79 Å². The summed E-state index contributed by atoms with van der Waals surface area (Å²) < 4.78 is 0. The number of carbonyl (C=O) groups excluding carboxylic acids is 1. The Bertz CT molecular complexity index is 950. The number of rotatable bonds is 4. The minimum atomic E-state index is 0.0217. The second kappa shape index (κ2) is 8.08. The summed E-state index contributed by atoms with van der Waals surface area (Å²) >= 11 is 1.63. The molecule has 2 aliphatic heterocycles. The molecule has 4 heterocycles. The number of likely N-dealkylation sites (tertiary alicyclic amines) is 1. The predicted molar refractivity (Wildman–Crippen MR) is 116 cm³/mol. The van der Waals surface area contributed by atoms with Crippen LogP contribution in [0.4, 0.5) is 5.13 Å². The van der Waals surface area contributed by atoms with Crippen molar-refractivity contribution >= 4 is 32.7 Å². The van der Waals surface area contributed by atoms with E-state index < -0.39 is 0 Å². The zero-order valence-corrected chi connectivity index (χ0v) is 17.2. The molecule has 6 nitrogen and oxygen atoms in total. The van der Waals surface area contributed by atoms with Gasteiger partial charge in [0, 0.05) is 38.9 Å². The van der Waals surface area contributed by atoms with E-state index in [-0.39, 0.29) is 6.04 Å². The summed E-state index contributed by atoms with van der Waals surface area (Å²) in [4.78, 5) is 30.0. The first kappa shape index (κ1) is 18.5. The van der Waals surface area contributed by atoms with E-state index in [2.05, 4.69) is 43.9 Å². The average Bonchev–Trinajstić information content (AvgIpc) is 3.41. The number of benzene rings is 1. The van der Waals surface area contributed by atoms with Gasteiger partial charge in [-0.25, -0.2) is 9.97 Å². The average molecular weight is 408 g/mol. The van der Waals surface area contributed by atoms with E-state index >= 15 is 0 Å². The van der Waals surface area contributed by atoms with Crippen LogP contribution in [0.1, 0.15) is 18.4 Å². The fourth-order valence-electron chi connectivity index (χ4n) is 4.34. The molecule has 0 saturated carbocycles. The second-order valence-electron chi connectivity index (χ2n) is 7.75. The summed E-state index contributed by atoms with van der Waals surface area (Å²) in [7, 11) is 0. The maximum absolute atomic E-state index is 13.2. The third kappa shape index (κ3) is 3.84. The molecule has 0 aliphatic carbocycles. The molecule has 0 spiro atoms. The molecule has 0 bridgehead atoms. The van der Waals surface area contributed by atoms with Gasteiger partial charge in [-0.1, -0.05) is 41.7 Å². The largest absolute Gasteiger partial charge is 0.344 e. The maximum Gasteiger partial charge on any atom is 0.240 e. The zero-order chi connectivity index (χ0) is 19.6. The molecular formula is C22H25N5OS. The zero-order valence-electron chi connectivity index (χ0n) is 16.4. The van der Waals surface area contributed by atoms with Crippen molar-refractivity contribution in [2.45, 2.75) is 25.4 Å². The number of amides is 1. The van der Waals surface area contributed by atoms with Gasteiger partial charge in [0.2, 0.25) is 5.91 Å². The van der Waals surface area contributed by atoms with Crippen LogP contribution in [0.15, 0.2) is 48.7 Å². The summed E-state index contributed by atoms with van der Waals surface area (Å²) in [5.74, 6) is 0.295. The van der Waals surface area contributed by atoms with Gasteiger partial charge in [0.25, 0.3) is 0 Å². The maximum atomic E-state index is 13.2. The normalized spacial score (nSPS) is 20.5. The number of hydrogen-bond acceptors (Lipinski definition) is 6. The van der Waals surface area contributed by atoms with Crippen LogP contribution in [0.25, 0.3) is 10.3 Å². The molecule has 7 heteroatoms. The van der Waals surface area contributed by atoms with Crippen LogP contribution in [-0.4, -0.2) is 64.4 Å². The van der Waals surface area contributed by atoms with Gasteiger partial charge in [0.1, 0.15) is 10.3 Å². The van der Waals surface area contributed by atoms with Gasteiger partial charge in [0.05, 0.1) is 6.04 Å². The van der Waals surface area contributed by atoms with Gasteiger partial charge in [-0.05, 0) is 37.1 Å². The van der Waals surface area contributed by atoms with Gasteiger partial charge in [-0.15, -0.1) is 0 Å². The number of anilines is 1. The van der Waals surface area contributed by atoms with E-state index in [1.54, 1.807) is 11.3 Å². The molecule has 2 fully saturated rings. The van der Waals surface area contributed by atoms with E-state index in [9.17, 15) is 4.79 Å². The van der Waals surface area contributed by atoms with E-state index in [1.807, 2.05) is 24.4 Å². The lowest BCUT2D eigenvalue weighted by molar-refractivity contribution is -0.136. The van der Waals surface area contributed by atoms with Crippen LogP contribution in [0, 0.1) is 0 Å². The van der Waals surface area contributed by atoms with Gasteiger partial charge < -0.3 is 9.80 Å². The van der Waals surface area contributed by atoms with Gasteiger partial charge in [0.15, 0.2) is 5.13 Å². The minimum absolute atomic E-state index is 0.0217. The van der Waals surface area contributed by atoms with Crippen LogP contribution in [0.3, 0.4) is 0 Å². The molecular weight excluding hydrogens is 382 g/mol. The first-order valence-corrected chi connectivity index (χ1v) is 11.1. The molecule has 0 radical (unpaired) electrons. The Labute approximate surface area is 174 Å². The summed E-state index contributed by atoms with van der Waals surface area (Å²) in [6.07, 6.45) is 3.88. The number of pyridine rings is 1. The quantitative estimate of drug-likeness (QED) is 0.666. The van der Waals surface area contributed by atoms with E-state index in [1.165, 1.54) is 5.56 Å². The highest BCUT2D eigenvalue weighted by atomic mass is 32.1. The molecule has 0 N–H and O–H groups in total. The Balaban J connectivity index is 1.21. The number of nitrogens with zero attached hydrogens (tertiary/aromatic N) is 5. The highest BCUT2D eigenvalue weighted by molar-refractivity contribution is 7.21. The van der Waals surface area contributed by atoms with Crippen molar-refractivity contribution in [1.82, 2.24) is 19.8 Å². The highest BCUT2D eigenvalue weighted by Gasteiger charge is 2.35. The Morgan fingerprint density at radius 1 is 1.03 bits per heavy atom. The van der Waals surface area contributed by atoms with Crippen LogP contribution in [0.2, 0.25) is 0 Å². The number of piperazine rings is 1. The molecule has 29 heavy (non-hydrogen) atoms. The number of aromatic nitrogens is 2. The van der Waals surface area contributed by atoms with Crippen molar-refractivity contribution in [2.75, 3.05) is 37.6 Å². The first-order valence-electron chi connectivity index (χ1n) is 10.3. The highest BCUT2D eigenvalue weighted by Crippen LogP contribution is 2.28. The molecule has 2 aromatic heterocycles. The van der Waals surface area contributed by atoms with Crippen molar-refractivity contribution in [3.63, 3.8) is 0 Å². The summed E-state index contributed by atoms with van der Waals surface area (Å²) in [6, 6.07) is 14.4. The Kier molecular flexibility index (Phi) is 5.16. The lowest BCUT2D eigenvalue weighted by atomic mass is 10.1. The monoisotopic (exact) mass is 407 g/mol. The molecule has 1 aromatic carbocycles. The molecule has 1 unspecified atom stereocenters. The second-order valence-corrected chi connectivity index (χ2v) is 8.71. The SMILES string of the molecule is O=C(C1CCCN1Cc1ccccc1)N1CCN(c2nc3cccnc3s2)CC1. The third-order valence-corrected chi connectivity index (χ3v) is 6.93. The minimum Gasteiger partial charge on any atom is -0.344 e. The topological polar surface area (TPSA) is 52.6 Å². The number of carbonyl (C=O) groups is 1. The van der Waals surface area contributed by atoms with Gasteiger partial charge in [-0.2, -0.15) is 0 Å². The Morgan fingerprint density at radius 3 is 2.66 bits per heavy atom. The smallest absolute Gasteiger partial charge is 0.240 e. The summed E-state index contributed by atoms with van der Waals surface area (Å²) in [5, 5.41) is 1.01. The number of hydrogen-bond donors (Lipinski definition) is 0. The summed E-state index contributed by atoms with van der Waals surface area (Å²) in [6.45, 7) is 5.05. The predicted octanol–water partition coefficient (Wildman–Crippen LogP) is 3.00. The lowest BCUT2D eigenvalue weighted by Crippen LogP contribution is -2.53. The van der Waals surface area contributed by atoms with Crippen molar-refractivity contribution in [1.29, 1.82) is 0 Å². The standard InChI is InChI=1S/C22H25N5OS/c28-21(19-9-5-11-27(19)16-17-6-2-1-3-7-17)25-12-14-26(15-13-25)22-24-18-8-4-10-23-20(18)29-22/h1-4,6-8,10,19H,5,9,11-16H2. The molecule has 5 rings (SSSR count). The fraction of sp³-hybridized carbons (Fsp3) is 0.409. The molecule has 2 saturated heterocycles. The van der Waals surface area contributed by atoms with Crippen LogP contribution in [-0.2, 0) is 11.3 Å².